The average Bonchev–Trinajstić information content (AvgIpc) is 3.32. The molecule has 398 valence electrons. The van der Waals surface area contributed by atoms with Crippen molar-refractivity contribution in [2.24, 2.45) is 0 Å². The normalized spacial score (nSPS) is 21.5. The van der Waals surface area contributed by atoms with Crippen molar-refractivity contribution >= 4 is 13.8 Å². The van der Waals surface area contributed by atoms with Gasteiger partial charge < -0.3 is 39.9 Å². The molecule has 6 unspecified atom stereocenters. The number of phosphoric ester groups is 1. The number of aliphatic hydroxyl groups excluding tert-OH is 5. The van der Waals surface area contributed by atoms with E-state index in [1.54, 1.807) is 0 Å². The van der Waals surface area contributed by atoms with E-state index >= 15 is 0 Å². The lowest BCUT2D eigenvalue weighted by atomic mass is 9.85. The van der Waals surface area contributed by atoms with Crippen LogP contribution in [-0.2, 0) is 27.9 Å². The number of esters is 1. The lowest BCUT2D eigenvalue weighted by molar-refractivity contribution is -0.220. The Morgan fingerprint density at radius 2 is 0.868 bits per heavy atom. The standard InChI is InChI=1S/C55H101O12P/c1-3-5-7-9-11-13-15-17-19-21-22-23-24-25-26-27-29-31-33-35-37-39-41-43-45-64-46-48(47-65-68(62,63)67-55-53(60)51(58)50(57)52(59)54(55)61)66-49(56)44-42-40-38-36-34-32-30-28-20-18-16-14-12-10-8-6-4-2/h6,8,12,14,18,20-22,48,50-55,57-61H,3-5,7,9-11,13,15-17,19,23-47H2,1-2H3,(H,62,63)/b8-6-,14-12-,20-18-,22-21-. The molecule has 0 aliphatic heterocycles. The van der Waals surface area contributed by atoms with Crippen molar-refractivity contribution in [1.29, 1.82) is 0 Å². The van der Waals surface area contributed by atoms with E-state index in [-0.39, 0.29) is 13.0 Å². The first kappa shape index (κ1) is 64.3. The third-order valence-electron chi connectivity index (χ3n) is 12.7. The highest BCUT2D eigenvalue weighted by atomic mass is 31.2. The molecule has 0 aromatic heterocycles. The van der Waals surface area contributed by atoms with Crippen molar-refractivity contribution in [1.82, 2.24) is 0 Å². The molecule has 0 radical (unpaired) electrons. The molecule has 1 rings (SSSR count). The Morgan fingerprint density at radius 1 is 0.485 bits per heavy atom. The highest BCUT2D eigenvalue weighted by Crippen LogP contribution is 2.47. The van der Waals surface area contributed by atoms with Gasteiger partial charge in [-0.15, -0.1) is 0 Å². The highest BCUT2D eigenvalue weighted by molar-refractivity contribution is 7.47. The van der Waals surface area contributed by atoms with E-state index in [2.05, 4.69) is 62.5 Å². The van der Waals surface area contributed by atoms with E-state index in [4.69, 9.17) is 18.5 Å². The number of ether oxygens (including phenoxy) is 2. The molecule has 0 aromatic rings. The molecule has 0 heterocycles. The highest BCUT2D eigenvalue weighted by Gasteiger charge is 2.51. The van der Waals surface area contributed by atoms with E-state index in [0.717, 1.165) is 77.0 Å². The predicted molar refractivity (Wildman–Crippen MR) is 276 cm³/mol. The SMILES string of the molecule is CC/C=C\C/C=C\C/C=C\CCCCCCCCCC(=O)OC(COCCCCCCCCCCCCCC/C=C\CCCCCCCCCC)COP(=O)(O)OC1C(O)C(O)C(O)C(O)C1O. The Morgan fingerprint density at radius 3 is 1.34 bits per heavy atom. The van der Waals surface area contributed by atoms with Gasteiger partial charge in [0.25, 0.3) is 0 Å². The number of hydrogen-bond donors (Lipinski definition) is 6. The van der Waals surface area contributed by atoms with Crippen LogP contribution in [0.3, 0.4) is 0 Å². The predicted octanol–water partition coefficient (Wildman–Crippen LogP) is 12.8. The summed E-state index contributed by atoms with van der Waals surface area (Å²) < 4.78 is 34.3. The molecule has 1 aliphatic carbocycles. The number of carbonyl (C=O) groups excluding carboxylic acids is 1. The van der Waals surface area contributed by atoms with E-state index in [0.29, 0.717) is 13.0 Å². The molecular weight excluding hydrogens is 884 g/mol. The number of rotatable bonds is 47. The largest absolute Gasteiger partial charge is 0.472 e. The van der Waals surface area contributed by atoms with Crippen LogP contribution in [0.2, 0.25) is 0 Å². The summed E-state index contributed by atoms with van der Waals surface area (Å²) in [6, 6.07) is 0. The maximum atomic E-state index is 12.9. The molecule has 1 saturated carbocycles. The molecule has 0 aromatic carbocycles. The first-order chi connectivity index (χ1) is 33.0. The smallest absolute Gasteiger partial charge is 0.457 e. The van der Waals surface area contributed by atoms with Crippen molar-refractivity contribution in [3.8, 4) is 0 Å². The lowest BCUT2D eigenvalue weighted by Crippen LogP contribution is -2.64. The van der Waals surface area contributed by atoms with E-state index < -0.39 is 63.1 Å². The zero-order valence-electron chi connectivity index (χ0n) is 42.9. The maximum Gasteiger partial charge on any atom is 0.472 e. The van der Waals surface area contributed by atoms with Crippen LogP contribution in [0.15, 0.2) is 48.6 Å². The van der Waals surface area contributed by atoms with Crippen LogP contribution in [-0.4, -0.2) is 98.9 Å². The first-order valence-corrected chi connectivity index (χ1v) is 29.0. The van der Waals surface area contributed by atoms with Gasteiger partial charge in [-0.3, -0.25) is 13.8 Å². The molecular formula is C55H101O12P. The van der Waals surface area contributed by atoms with E-state index in [1.807, 2.05) is 0 Å². The summed E-state index contributed by atoms with van der Waals surface area (Å²) in [5.41, 5.74) is 0. The molecule has 0 saturated heterocycles. The number of hydrogen-bond acceptors (Lipinski definition) is 11. The molecule has 1 aliphatic rings. The number of allylic oxidation sites excluding steroid dienone is 8. The zero-order chi connectivity index (χ0) is 49.8. The monoisotopic (exact) mass is 985 g/mol. The summed E-state index contributed by atoms with van der Waals surface area (Å²) >= 11 is 0. The van der Waals surface area contributed by atoms with Gasteiger partial charge in [-0.2, -0.15) is 0 Å². The van der Waals surface area contributed by atoms with Crippen molar-refractivity contribution in [3.05, 3.63) is 48.6 Å². The Kier molecular flexibility index (Phi) is 42.7. The fourth-order valence-corrected chi connectivity index (χ4v) is 9.34. The van der Waals surface area contributed by atoms with E-state index in [9.17, 15) is 39.8 Å². The molecule has 6 atom stereocenters. The summed E-state index contributed by atoms with van der Waals surface area (Å²) in [6.45, 7) is 4.17. The molecule has 1 fully saturated rings. The van der Waals surface area contributed by atoms with Crippen LogP contribution in [0.25, 0.3) is 0 Å². The second-order valence-electron chi connectivity index (χ2n) is 19.0. The topological polar surface area (TPSA) is 192 Å². The van der Waals surface area contributed by atoms with Crippen molar-refractivity contribution in [3.63, 3.8) is 0 Å². The molecule has 0 bridgehead atoms. The van der Waals surface area contributed by atoms with Crippen molar-refractivity contribution in [2.75, 3.05) is 19.8 Å². The molecule has 13 heteroatoms. The van der Waals surface area contributed by atoms with Gasteiger partial charge in [0.1, 0.15) is 42.7 Å². The Labute approximate surface area is 414 Å². The van der Waals surface area contributed by atoms with Gasteiger partial charge in [0.15, 0.2) is 0 Å². The number of unbranched alkanes of at least 4 members (excludes halogenated alkanes) is 27. The first-order valence-electron chi connectivity index (χ1n) is 27.5. The maximum absolute atomic E-state index is 12.9. The molecule has 0 amide bonds. The van der Waals surface area contributed by atoms with Gasteiger partial charge in [-0.05, 0) is 70.6 Å². The molecule has 0 spiro atoms. The minimum atomic E-state index is -5.03. The van der Waals surface area contributed by atoms with Crippen LogP contribution in [0.4, 0.5) is 0 Å². The fraction of sp³-hybridized carbons (Fsp3) is 0.836. The fourth-order valence-electron chi connectivity index (χ4n) is 8.37. The quantitative estimate of drug-likeness (QED) is 0.0147. The number of aliphatic hydroxyl groups is 5. The van der Waals surface area contributed by atoms with E-state index in [1.165, 1.54) is 128 Å². The molecule has 6 N–H and O–H groups in total. The summed E-state index contributed by atoms with van der Waals surface area (Å²) in [7, 11) is -5.03. The lowest BCUT2D eigenvalue weighted by Gasteiger charge is -2.41. The van der Waals surface area contributed by atoms with Crippen LogP contribution in [0.5, 0.6) is 0 Å². The van der Waals surface area contributed by atoms with Gasteiger partial charge in [0, 0.05) is 13.0 Å². The Bertz CT molecular complexity index is 1310. The number of phosphoric acid groups is 1. The summed E-state index contributed by atoms with van der Waals surface area (Å²) in [4.78, 5) is 23.3. The molecule has 68 heavy (non-hydrogen) atoms. The van der Waals surface area contributed by atoms with Crippen LogP contribution < -0.4 is 0 Å². The minimum absolute atomic E-state index is 0.0807. The zero-order valence-corrected chi connectivity index (χ0v) is 43.8. The third kappa shape index (κ3) is 36.3. The summed E-state index contributed by atoms with van der Waals surface area (Å²) in [5, 5.41) is 50.4. The van der Waals surface area contributed by atoms with Gasteiger partial charge >= 0.3 is 13.8 Å². The second kappa shape index (κ2) is 45.2. The van der Waals surface area contributed by atoms with Gasteiger partial charge in [0.2, 0.25) is 0 Å². The van der Waals surface area contributed by atoms with Crippen molar-refractivity contribution in [2.45, 2.75) is 275 Å². The summed E-state index contributed by atoms with van der Waals surface area (Å²) in [6.07, 6.45) is 44.7. The molecule has 12 nitrogen and oxygen atoms in total. The van der Waals surface area contributed by atoms with Gasteiger partial charge in [-0.1, -0.05) is 204 Å². The van der Waals surface area contributed by atoms with Crippen LogP contribution in [0, 0.1) is 0 Å². The van der Waals surface area contributed by atoms with Gasteiger partial charge in [-0.25, -0.2) is 4.57 Å². The third-order valence-corrected chi connectivity index (χ3v) is 13.7. The van der Waals surface area contributed by atoms with Gasteiger partial charge in [0.05, 0.1) is 13.2 Å². The summed E-state index contributed by atoms with van der Waals surface area (Å²) in [5.74, 6) is -0.486. The Hall–Kier alpha value is -1.70. The minimum Gasteiger partial charge on any atom is -0.457 e. The Balaban J connectivity index is 2.29. The average molecular weight is 985 g/mol. The van der Waals surface area contributed by atoms with Crippen molar-refractivity contribution < 1.29 is 58.3 Å². The van der Waals surface area contributed by atoms with Crippen LogP contribution >= 0.6 is 7.82 Å². The second-order valence-corrected chi connectivity index (χ2v) is 20.5. The van der Waals surface area contributed by atoms with Crippen LogP contribution in [0.1, 0.15) is 232 Å². The number of carbonyl (C=O) groups is 1.